The zero-order valence-electron chi connectivity index (χ0n) is 9.60. The van der Waals surface area contributed by atoms with Crippen molar-refractivity contribution in [2.24, 2.45) is 0 Å². The Labute approximate surface area is 102 Å². The zero-order chi connectivity index (χ0) is 12.7. The van der Waals surface area contributed by atoms with E-state index in [1.165, 1.54) is 0 Å². The first-order valence-corrected chi connectivity index (χ1v) is 6.93. The Balaban J connectivity index is 2.98. The van der Waals surface area contributed by atoms with E-state index in [0.29, 0.717) is 17.7 Å². The molecule has 92 valence electrons. The molecule has 0 saturated heterocycles. The molecule has 4 nitrogen and oxygen atoms in total. The van der Waals surface area contributed by atoms with Crippen molar-refractivity contribution in [3.63, 3.8) is 0 Å². The Bertz CT molecular complexity index is 526. The Morgan fingerprint density at radius 2 is 2.06 bits per heavy atom. The number of aliphatic hydroxyl groups is 1. The van der Waals surface area contributed by atoms with Crippen molar-refractivity contribution in [3.05, 3.63) is 29.8 Å². The lowest BCUT2D eigenvalue weighted by molar-refractivity contribution is 0.305. The molecule has 0 fully saturated rings. The zero-order valence-corrected chi connectivity index (χ0v) is 10.4. The van der Waals surface area contributed by atoms with E-state index < -0.39 is 10.0 Å². The lowest BCUT2D eigenvalue weighted by atomic mass is 10.2. The van der Waals surface area contributed by atoms with Crippen LogP contribution in [0.15, 0.2) is 24.3 Å². The van der Waals surface area contributed by atoms with Gasteiger partial charge in [-0.2, -0.15) is 0 Å². The van der Waals surface area contributed by atoms with Crippen LogP contribution in [0.3, 0.4) is 0 Å². The van der Waals surface area contributed by atoms with Crippen LogP contribution in [0.1, 0.15) is 18.9 Å². The maximum atomic E-state index is 11.5. The number of aliphatic hydroxyl groups excluding tert-OH is 1. The van der Waals surface area contributed by atoms with Gasteiger partial charge < -0.3 is 5.11 Å². The molecule has 0 unspecified atom stereocenters. The van der Waals surface area contributed by atoms with Crippen LogP contribution in [-0.2, 0) is 10.0 Å². The van der Waals surface area contributed by atoms with Crippen LogP contribution < -0.4 is 4.72 Å². The van der Waals surface area contributed by atoms with Gasteiger partial charge in [-0.3, -0.25) is 4.72 Å². The smallest absolute Gasteiger partial charge is 0.232 e. The summed E-state index contributed by atoms with van der Waals surface area (Å²) < 4.78 is 25.4. The summed E-state index contributed by atoms with van der Waals surface area (Å²) >= 11 is 0. The maximum Gasteiger partial charge on any atom is 0.232 e. The van der Waals surface area contributed by atoms with Gasteiger partial charge in [0.1, 0.15) is 0 Å². The molecule has 2 N–H and O–H groups in total. The van der Waals surface area contributed by atoms with Gasteiger partial charge in [0.15, 0.2) is 0 Å². The predicted molar refractivity (Wildman–Crippen MR) is 68.1 cm³/mol. The number of sulfonamides is 1. The monoisotopic (exact) mass is 253 g/mol. The van der Waals surface area contributed by atoms with Gasteiger partial charge in [-0.15, -0.1) is 0 Å². The van der Waals surface area contributed by atoms with Crippen LogP contribution in [0.25, 0.3) is 0 Å². The first-order chi connectivity index (χ1) is 8.09. The third-order valence-corrected chi connectivity index (χ3v) is 3.32. The van der Waals surface area contributed by atoms with E-state index in [0.717, 1.165) is 0 Å². The number of nitrogens with one attached hydrogen (secondary N) is 1. The highest BCUT2D eigenvalue weighted by Crippen LogP contribution is 2.15. The second-order valence-electron chi connectivity index (χ2n) is 3.33. The van der Waals surface area contributed by atoms with E-state index >= 15 is 0 Å². The van der Waals surface area contributed by atoms with Crippen molar-refractivity contribution in [1.82, 2.24) is 0 Å². The lowest BCUT2D eigenvalue weighted by Gasteiger charge is -2.07. The third-order valence-electron chi connectivity index (χ3n) is 2.03. The number of hydrogen-bond donors (Lipinski definition) is 2. The van der Waals surface area contributed by atoms with Gasteiger partial charge in [0.05, 0.1) is 18.0 Å². The van der Waals surface area contributed by atoms with Crippen molar-refractivity contribution in [1.29, 1.82) is 0 Å². The summed E-state index contributed by atoms with van der Waals surface area (Å²) in [5.74, 6) is 5.60. The Morgan fingerprint density at radius 1 is 1.35 bits per heavy atom. The Hall–Kier alpha value is -1.51. The second kappa shape index (κ2) is 6.28. The summed E-state index contributed by atoms with van der Waals surface area (Å²) in [7, 11) is -3.29. The molecule has 0 aliphatic heterocycles. The Kier molecular flexibility index (Phi) is 5.01. The third kappa shape index (κ3) is 4.47. The SMILES string of the molecule is CCS(=O)(=O)Nc1ccccc1C#CCCO. The molecule has 0 saturated carbocycles. The van der Waals surface area contributed by atoms with E-state index in [-0.39, 0.29) is 12.4 Å². The molecule has 0 aliphatic rings. The maximum absolute atomic E-state index is 11.5. The van der Waals surface area contributed by atoms with E-state index in [1.807, 2.05) is 0 Å². The Morgan fingerprint density at radius 3 is 2.71 bits per heavy atom. The molecule has 0 spiro atoms. The van der Waals surface area contributed by atoms with Crippen LogP contribution in [0.5, 0.6) is 0 Å². The summed E-state index contributed by atoms with van der Waals surface area (Å²) in [4.78, 5) is 0. The topological polar surface area (TPSA) is 66.4 Å². The molecule has 0 radical (unpaired) electrons. The summed E-state index contributed by atoms with van der Waals surface area (Å²) in [6.07, 6.45) is 0.370. The average molecular weight is 253 g/mol. The average Bonchev–Trinajstić information content (AvgIpc) is 2.31. The molecule has 0 heterocycles. The molecule has 1 aromatic carbocycles. The molecule has 17 heavy (non-hydrogen) atoms. The minimum atomic E-state index is -3.29. The van der Waals surface area contributed by atoms with Crippen LogP contribution >= 0.6 is 0 Å². The summed E-state index contributed by atoms with van der Waals surface area (Å²) in [5.41, 5.74) is 1.08. The minimum absolute atomic E-state index is 0.00411. The van der Waals surface area contributed by atoms with E-state index in [2.05, 4.69) is 16.6 Å². The number of hydrogen-bond acceptors (Lipinski definition) is 3. The molecule has 0 atom stereocenters. The van der Waals surface area contributed by atoms with Gasteiger partial charge >= 0.3 is 0 Å². The van der Waals surface area contributed by atoms with Gasteiger partial charge in [-0.1, -0.05) is 24.0 Å². The highest BCUT2D eigenvalue weighted by Gasteiger charge is 2.08. The molecule has 0 aromatic heterocycles. The van der Waals surface area contributed by atoms with Crippen LogP contribution in [-0.4, -0.2) is 25.9 Å². The second-order valence-corrected chi connectivity index (χ2v) is 5.34. The molecular formula is C12H15NO3S. The van der Waals surface area contributed by atoms with Crippen molar-refractivity contribution in [2.75, 3.05) is 17.1 Å². The van der Waals surface area contributed by atoms with Gasteiger partial charge in [0.25, 0.3) is 0 Å². The van der Waals surface area contributed by atoms with Gasteiger partial charge in [-0.05, 0) is 19.1 Å². The van der Waals surface area contributed by atoms with E-state index in [1.54, 1.807) is 31.2 Å². The van der Waals surface area contributed by atoms with E-state index in [9.17, 15) is 8.42 Å². The fourth-order valence-corrected chi connectivity index (χ4v) is 1.79. The summed E-state index contributed by atoms with van der Waals surface area (Å²) in [5, 5.41) is 8.62. The van der Waals surface area contributed by atoms with Crippen molar-refractivity contribution in [2.45, 2.75) is 13.3 Å². The molecule has 1 aromatic rings. The summed E-state index contributed by atoms with van der Waals surface area (Å²) in [6.45, 7) is 1.57. The van der Waals surface area contributed by atoms with Crippen LogP contribution in [0.2, 0.25) is 0 Å². The van der Waals surface area contributed by atoms with Crippen molar-refractivity contribution < 1.29 is 13.5 Å². The fourth-order valence-electron chi connectivity index (χ4n) is 1.13. The van der Waals surface area contributed by atoms with Crippen molar-refractivity contribution >= 4 is 15.7 Å². The van der Waals surface area contributed by atoms with Gasteiger partial charge in [0, 0.05) is 12.0 Å². The lowest BCUT2D eigenvalue weighted by Crippen LogP contribution is -2.15. The number of para-hydroxylation sites is 1. The van der Waals surface area contributed by atoms with Gasteiger partial charge in [0.2, 0.25) is 10.0 Å². The van der Waals surface area contributed by atoms with Crippen molar-refractivity contribution in [3.8, 4) is 11.8 Å². The van der Waals surface area contributed by atoms with Crippen LogP contribution in [0.4, 0.5) is 5.69 Å². The van der Waals surface area contributed by atoms with E-state index in [4.69, 9.17) is 5.11 Å². The molecule has 1 rings (SSSR count). The highest BCUT2D eigenvalue weighted by atomic mass is 32.2. The first kappa shape index (κ1) is 13.6. The number of benzene rings is 1. The molecule has 0 amide bonds. The quantitative estimate of drug-likeness (QED) is 0.792. The predicted octanol–water partition coefficient (Wildman–Crippen LogP) is 1.18. The summed E-state index contributed by atoms with van der Waals surface area (Å²) in [6, 6.07) is 6.92. The molecule has 0 aliphatic carbocycles. The molecule has 5 heteroatoms. The molecule has 0 bridgehead atoms. The number of anilines is 1. The standard InChI is InChI=1S/C12H15NO3S/c1-2-17(15,16)13-12-9-4-3-7-11(12)8-5-6-10-14/h3-4,7,9,13-14H,2,6,10H2,1H3. The highest BCUT2D eigenvalue weighted by molar-refractivity contribution is 7.92. The molecular weight excluding hydrogens is 238 g/mol. The van der Waals surface area contributed by atoms with Gasteiger partial charge in [-0.25, -0.2) is 8.42 Å². The number of rotatable bonds is 4. The normalized spacial score (nSPS) is 10.5. The first-order valence-electron chi connectivity index (χ1n) is 5.28. The fraction of sp³-hybridized carbons (Fsp3) is 0.333. The van der Waals surface area contributed by atoms with Crippen LogP contribution in [0, 0.1) is 11.8 Å². The largest absolute Gasteiger partial charge is 0.395 e. The minimum Gasteiger partial charge on any atom is -0.395 e.